The quantitative estimate of drug-likeness (QED) is 0.134. The van der Waals surface area contributed by atoms with Gasteiger partial charge in [0.15, 0.2) is 5.82 Å². The van der Waals surface area contributed by atoms with Crippen molar-refractivity contribution in [2.75, 3.05) is 19.7 Å². The summed E-state index contributed by atoms with van der Waals surface area (Å²) >= 11 is 0. The molecule has 3 atom stereocenters. The van der Waals surface area contributed by atoms with Crippen molar-refractivity contribution in [3.8, 4) is 0 Å². The maximum Gasteiger partial charge on any atom is 0.438 e. The Kier molecular flexibility index (Phi) is 19.2. The van der Waals surface area contributed by atoms with Crippen molar-refractivity contribution in [1.29, 1.82) is 0 Å². The maximum absolute atomic E-state index is 14.1. The smallest absolute Gasteiger partial charge is 0.402 e. The first-order valence-corrected chi connectivity index (χ1v) is 21.3. The van der Waals surface area contributed by atoms with Gasteiger partial charge in [-0.2, -0.15) is 0 Å². The van der Waals surface area contributed by atoms with Gasteiger partial charge in [-0.05, 0) is 120 Å². The largest absolute Gasteiger partial charge is 0.438 e. The molecule has 2 aliphatic heterocycles. The van der Waals surface area contributed by atoms with Gasteiger partial charge < -0.3 is 25.7 Å². The predicted molar refractivity (Wildman–Crippen MR) is 240 cm³/mol. The second-order valence-electron chi connectivity index (χ2n) is 16.0. The number of hydrogen-bond donors (Lipinski definition) is 4. The number of carbonyl (C=O) groups excluding carboxylic acids is 2. The van der Waals surface area contributed by atoms with E-state index in [0.717, 1.165) is 47.3 Å². The van der Waals surface area contributed by atoms with Crippen LogP contribution in [0.15, 0.2) is 80.3 Å². The first kappa shape index (κ1) is 49.1. The summed E-state index contributed by atoms with van der Waals surface area (Å²) in [6, 6.07) is 13.3. The number of fused-ring (bicyclic) bond motifs is 1. The van der Waals surface area contributed by atoms with Crippen LogP contribution in [0, 0.1) is 31.5 Å². The van der Waals surface area contributed by atoms with Crippen LogP contribution in [0.5, 0.6) is 0 Å². The molecule has 2 fully saturated rings. The van der Waals surface area contributed by atoms with E-state index in [0.29, 0.717) is 59.7 Å². The molecule has 1 saturated heterocycles. The van der Waals surface area contributed by atoms with Crippen molar-refractivity contribution in [3.05, 3.63) is 105 Å². The molecule has 2 amide bonds. The van der Waals surface area contributed by atoms with Crippen LogP contribution in [0.25, 0.3) is 10.9 Å². The number of nitrogens with one attached hydrogen (secondary N) is 3. The van der Waals surface area contributed by atoms with Gasteiger partial charge in [-0.15, -0.1) is 0 Å². The van der Waals surface area contributed by atoms with Crippen LogP contribution >= 0.6 is 0 Å². The van der Waals surface area contributed by atoms with E-state index in [4.69, 9.17) is 15.5 Å². The number of amides is 2. The van der Waals surface area contributed by atoms with Crippen molar-refractivity contribution in [3.63, 3.8) is 0 Å². The number of benzene rings is 2. The Bertz CT molecular complexity index is 2100. The van der Waals surface area contributed by atoms with Gasteiger partial charge in [-0.3, -0.25) is 24.1 Å². The lowest BCUT2D eigenvalue weighted by Crippen LogP contribution is -2.41. The molecule has 0 radical (unpaired) electrons. The van der Waals surface area contributed by atoms with Gasteiger partial charge in [0.1, 0.15) is 11.5 Å². The molecule has 328 valence electrons. The average molecular weight is 830 g/mol. The van der Waals surface area contributed by atoms with Crippen LogP contribution in [-0.2, 0) is 9.53 Å². The minimum atomic E-state index is -0.450. The van der Waals surface area contributed by atoms with E-state index >= 15 is 0 Å². The number of H-pyrrole nitrogens is 2. The molecule has 3 aliphatic rings. The number of rotatable bonds is 7. The molecular formula is C47H68FN7O5. The number of carbonyl (C=O) groups is 2. The van der Waals surface area contributed by atoms with E-state index in [2.05, 4.69) is 59.6 Å². The Labute approximate surface area is 355 Å². The third-order valence-corrected chi connectivity index (χ3v) is 10.5. The minimum absolute atomic E-state index is 0.0295. The Morgan fingerprint density at radius 3 is 2.28 bits per heavy atom. The van der Waals surface area contributed by atoms with Gasteiger partial charge in [-0.25, -0.2) is 9.18 Å². The fourth-order valence-corrected chi connectivity index (χ4v) is 6.73. The van der Waals surface area contributed by atoms with Gasteiger partial charge in [0.25, 0.3) is 5.91 Å². The molecule has 7 rings (SSSR count). The van der Waals surface area contributed by atoms with E-state index in [-0.39, 0.29) is 29.2 Å². The number of para-hydroxylation sites is 1. The fraction of sp³-hybridized carbons (Fsp3) is 0.511. The third kappa shape index (κ3) is 14.8. The van der Waals surface area contributed by atoms with Crippen LogP contribution in [0.2, 0.25) is 0 Å². The van der Waals surface area contributed by atoms with Crippen LogP contribution in [0.3, 0.4) is 0 Å². The number of halogens is 1. The summed E-state index contributed by atoms with van der Waals surface area (Å²) in [6.07, 6.45) is 9.78. The van der Waals surface area contributed by atoms with E-state index in [1.807, 2.05) is 56.0 Å². The number of ether oxygens (including phenoxy) is 1. The zero-order valence-electron chi connectivity index (χ0n) is 37.6. The number of allylic oxidation sites excluding steroid dienone is 1. The highest BCUT2D eigenvalue weighted by atomic mass is 19.1. The summed E-state index contributed by atoms with van der Waals surface area (Å²) in [6.45, 7) is 23.4. The van der Waals surface area contributed by atoms with Crippen molar-refractivity contribution >= 4 is 34.1 Å². The summed E-state index contributed by atoms with van der Waals surface area (Å²) in [4.78, 5) is 46.3. The molecule has 1 aliphatic carbocycles. The average Bonchev–Trinajstić information content (AvgIpc) is 3.56. The van der Waals surface area contributed by atoms with Crippen molar-refractivity contribution in [2.24, 2.45) is 22.6 Å². The summed E-state index contributed by atoms with van der Waals surface area (Å²) in [5, 5.41) is 7.07. The predicted octanol–water partition coefficient (Wildman–Crippen LogP) is 9.94. The second kappa shape index (κ2) is 23.5. The number of aliphatic imine (C=N–C) groups is 1. The third-order valence-electron chi connectivity index (χ3n) is 10.5. The lowest BCUT2D eigenvalue weighted by atomic mass is 9.91. The summed E-state index contributed by atoms with van der Waals surface area (Å²) in [5.74, 6) is 1.21. The van der Waals surface area contributed by atoms with Gasteiger partial charge in [0.2, 0.25) is 5.91 Å². The molecule has 0 bridgehead atoms. The highest BCUT2D eigenvalue weighted by Crippen LogP contribution is 2.44. The lowest BCUT2D eigenvalue weighted by molar-refractivity contribution is -0.118. The zero-order chi connectivity index (χ0) is 44.6. The highest BCUT2D eigenvalue weighted by Gasteiger charge is 2.37. The molecule has 13 heteroatoms. The lowest BCUT2D eigenvalue weighted by Gasteiger charge is -2.31. The molecule has 1 saturated carbocycles. The van der Waals surface area contributed by atoms with E-state index in [9.17, 15) is 18.8 Å². The molecule has 4 heterocycles. The Balaban J connectivity index is 0.000000285. The van der Waals surface area contributed by atoms with Crippen LogP contribution in [0.1, 0.15) is 134 Å². The molecule has 5 N–H and O–H groups in total. The molecule has 4 aromatic rings. The molecule has 0 spiro atoms. The Morgan fingerprint density at radius 1 is 1.13 bits per heavy atom. The van der Waals surface area contributed by atoms with Gasteiger partial charge in [0.05, 0.1) is 17.0 Å². The number of nitrogens with zero attached hydrogens (tertiary/aromatic N) is 3. The number of aromatic amines is 2. The number of aromatic nitrogens is 3. The minimum Gasteiger partial charge on any atom is -0.402 e. The second-order valence-corrected chi connectivity index (χ2v) is 16.0. The molecular weight excluding hydrogens is 762 g/mol. The van der Waals surface area contributed by atoms with Crippen molar-refractivity contribution < 1.29 is 23.2 Å². The summed E-state index contributed by atoms with van der Waals surface area (Å²) in [7, 11) is 0. The number of aryl methyl sites for hydroxylation is 2. The molecule has 12 nitrogen and oxygen atoms in total. The molecule has 3 unspecified atom stereocenters. The zero-order valence-corrected chi connectivity index (χ0v) is 37.6. The molecule has 60 heavy (non-hydrogen) atoms. The SMILES string of the molecule is C/C=C\NC(C)=O.CC.CC1(C)CCCCO1.CC1CC1c1noc(=O)[nH]1.CCC(C)C(=Nc1cc(C)c(F)c(C)c1)C1=C(N)CCN(C(=O)c2cc3ccccc3[nH]2)C1. The van der Waals surface area contributed by atoms with Crippen LogP contribution < -0.4 is 16.8 Å². The van der Waals surface area contributed by atoms with Crippen LogP contribution in [0.4, 0.5) is 10.1 Å². The molecule has 2 aromatic heterocycles. The number of nitrogens with two attached hydrogens (primary N) is 1. The maximum atomic E-state index is 14.1. The van der Waals surface area contributed by atoms with E-state index in [1.165, 1.54) is 26.2 Å². The van der Waals surface area contributed by atoms with Gasteiger partial charge in [0, 0.05) is 61.1 Å². The first-order chi connectivity index (χ1) is 28.5. The van der Waals surface area contributed by atoms with Crippen molar-refractivity contribution in [1.82, 2.24) is 25.3 Å². The Hall–Kier alpha value is -5.30. The van der Waals surface area contributed by atoms with Crippen LogP contribution in [-0.4, -0.2) is 62.8 Å². The standard InChI is InChI=1S/C27H31FN4O.C7H14O.C6H8N2O2.C5H9NO.C2H6/c1-5-16(2)26(30-20-12-17(3)25(28)18(4)13-20)21-15-32(11-10-22(21)29)27(33)24-14-19-8-6-7-9-23(19)31-24;1-7(2)5-3-4-6-8-7;1-3-2-4(3)5-7-6(9)10-8-5;1-3-4-6-5(2)7;1-2/h6-9,12-14,16,31H,5,10-11,15,29H2,1-4H3;3-6H2,1-2H3;3-4H,2H2,1H3,(H,7,8,9);3-4H,1-2H3,(H,6,7);1-2H3/b;;;4-3-;. The topological polar surface area (TPSA) is 172 Å². The summed E-state index contributed by atoms with van der Waals surface area (Å²) < 4.78 is 24.0. The monoisotopic (exact) mass is 830 g/mol. The fourth-order valence-electron chi connectivity index (χ4n) is 6.73. The normalized spacial score (nSPS) is 18.7. The number of hydrogen-bond acceptors (Lipinski definition) is 8. The van der Waals surface area contributed by atoms with E-state index in [1.54, 1.807) is 38.3 Å². The summed E-state index contributed by atoms with van der Waals surface area (Å²) in [5.41, 5.74) is 12.5. The van der Waals surface area contributed by atoms with Gasteiger partial charge >= 0.3 is 5.76 Å². The first-order valence-electron chi connectivity index (χ1n) is 21.3. The molecule has 2 aromatic carbocycles. The highest BCUT2D eigenvalue weighted by molar-refractivity contribution is 6.05. The van der Waals surface area contributed by atoms with Gasteiger partial charge in [-0.1, -0.05) is 64.1 Å². The van der Waals surface area contributed by atoms with Crippen molar-refractivity contribution in [2.45, 2.75) is 126 Å². The Morgan fingerprint density at radius 2 is 1.80 bits per heavy atom. The van der Waals surface area contributed by atoms with E-state index < -0.39 is 5.76 Å².